The maximum absolute atomic E-state index is 13.1. The van der Waals surface area contributed by atoms with E-state index < -0.39 is 23.6 Å². The maximum atomic E-state index is 13.1. The first-order valence-corrected chi connectivity index (χ1v) is 5.27. The van der Waals surface area contributed by atoms with Crippen molar-refractivity contribution in [1.29, 1.82) is 0 Å². The quantitative estimate of drug-likeness (QED) is 0.755. The Labute approximate surface area is 89.4 Å². The predicted octanol–water partition coefficient (Wildman–Crippen LogP) is 0.387. The van der Waals surface area contributed by atoms with Gasteiger partial charge in [-0.2, -0.15) is 4.98 Å². The third-order valence-electron chi connectivity index (χ3n) is 1.98. The SMILES string of the molecule is [CH2][C@H]1O[C@@H](n2cc(F)c(N)nc2=O)CS1. The highest BCUT2D eigenvalue weighted by Crippen LogP contribution is 2.30. The zero-order valence-electron chi connectivity index (χ0n) is 7.72. The van der Waals surface area contributed by atoms with Gasteiger partial charge in [0.1, 0.15) is 11.7 Å². The van der Waals surface area contributed by atoms with E-state index in [1.807, 2.05) is 0 Å². The molecule has 0 aromatic carbocycles. The van der Waals surface area contributed by atoms with E-state index in [1.165, 1.54) is 11.8 Å². The van der Waals surface area contributed by atoms with Gasteiger partial charge >= 0.3 is 5.69 Å². The molecule has 1 radical (unpaired) electrons. The molecule has 5 nitrogen and oxygen atoms in total. The lowest BCUT2D eigenvalue weighted by molar-refractivity contribution is 0.0328. The van der Waals surface area contributed by atoms with Crippen molar-refractivity contribution in [2.75, 3.05) is 11.5 Å². The molecule has 1 fully saturated rings. The number of hydrogen-bond donors (Lipinski definition) is 1. The van der Waals surface area contributed by atoms with Gasteiger partial charge in [0.2, 0.25) is 0 Å². The topological polar surface area (TPSA) is 70.1 Å². The van der Waals surface area contributed by atoms with Crippen molar-refractivity contribution >= 4 is 17.6 Å². The first kappa shape index (κ1) is 10.4. The number of nitrogens with zero attached hydrogens (tertiary/aromatic N) is 2. The number of hydrogen-bond acceptors (Lipinski definition) is 5. The Morgan fingerprint density at radius 3 is 3.13 bits per heavy atom. The summed E-state index contributed by atoms with van der Waals surface area (Å²) in [7, 11) is 0. The Hall–Kier alpha value is -1.08. The van der Waals surface area contributed by atoms with Crippen LogP contribution in [0.5, 0.6) is 0 Å². The number of ether oxygens (including phenoxy) is 1. The lowest BCUT2D eigenvalue weighted by atomic mass is 10.5. The monoisotopic (exact) mass is 230 g/mol. The van der Waals surface area contributed by atoms with E-state index in [1.54, 1.807) is 0 Å². The molecule has 0 spiro atoms. The van der Waals surface area contributed by atoms with Crippen LogP contribution in [-0.2, 0) is 4.74 Å². The molecule has 0 unspecified atom stereocenters. The van der Waals surface area contributed by atoms with Crippen molar-refractivity contribution in [3.63, 3.8) is 0 Å². The summed E-state index contributed by atoms with van der Waals surface area (Å²) in [4.78, 5) is 14.7. The number of halogens is 1. The van der Waals surface area contributed by atoms with E-state index in [0.717, 1.165) is 10.8 Å². The van der Waals surface area contributed by atoms with Crippen LogP contribution in [0.2, 0.25) is 0 Å². The molecule has 2 heterocycles. The van der Waals surface area contributed by atoms with Crippen molar-refractivity contribution in [3.05, 3.63) is 29.4 Å². The molecule has 0 aliphatic carbocycles. The molecule has 1 aliphatic heterocycles. The van der Waals surface area contributed by atoms with Crippen LogP contribution in [0.3, 0.4) is 0 Å². The summed E-state index contributed by atoms with van der Waals surface area (Å²) in [6.07, 6.45) is 0.487. The molecule has 0 amide bonds. The molecule has 2 atom stereocenters. The van der Waals surface area contributed by atoms with Crippen LogP contribution in [0.25, 0.3) is 0 Å². The molecular formula is C8H9FN3O2S. The van der Waals surface area contributed by atoms with Crippen LogP contribution in [0.15, 0.2) is 11.0 Å². The fourth-order valence-electron chi connectivity index (χ4n) is 1.25. The lowest BCUT2D eigenvalue weighted by Crippen LogP contribution is -2.29. The highest BCUT2D eigenvalue weighted by atomic mass is 32.2. The third kappa shape index (κ3) is 1.98. The molecule has 1 aromatic heterocycles. The number of nitrogens with two attached hydrogens (primary N) is 1. The molecule has 2 N–H and O–H groups in total. The molecule has 81 valence electrons. The van der Waals surface area contributed by atoms with Crippen molar-refractivity contribution < 1.29 is 9.13 Å². The van der Waals surface area contributed by atoms with Gasteiger partial charge in [0.25, 0.3) is 0 Å². The fraction of sp³-hybridized carbons (Fsp3) is 0.375. The largest absolute Gasteiger partial charge is 0.381 e. The average molecular weight is 230 g/mol. The second kappa shape index (κ2) is 3.82. The van der Waals surface area contributed by atoms with Gasteiger partial charge in [-0.3, -0.25) is 4.57 Å². The second-order valence-electron chi connectivity index (χ2n) is 3.02. The minimum absolute atomic E-state index is 0.248. The highest BCUT2D eigenvalue weighted by molar-refractivity contribution is 8.00. The average Bonchev–Trinajstić information content (AvgIpc) is 2.58. The highest BCUT2D eigenvalue weighted by Gasteiger charge is 2.25. The summed E-state index contributed by atoms with van der Waals surface area (Å²) in [6, 6.07) is 0. The number of rotatable bonds is 1. The van der Waals surface area contributed by atoms with E-state index in [2.05, 4.69) is 11.9 Å². The fourth-order valence-corrected chi connectivity index (χ4v) is 2.08. The molecular weight excluding hydrogens is 221 g/mol. The molecule has 15 heavy (non-hydrogen) atoms. The zero-order valence-corrected chi connectivity index (χ0v) is 8.54. The Balaban J connectivity index is 2.36. The van der Waals surface area contributed by atoms with Gasteiger partial charge in [0.15, 0.2) is 11.6 Å². The van der Waals surface area contributed by atoms with Gasteiger partial charge in [-0.05, 0) is 6.92 Å². The standard InChI is InChI=1S/C8H9FN3O2S/c1-4-14-6(3-15-4)12-2-5(9)7(10)11-8(12)13/h2,4,6H,1,3H2,(H2,10,11,13)/t4-,6+/m0/s1. The number of nitrogen functional groups attached to an aromatic ring is 1. The molecule has 0 saturated carbocycles. The van der Waals surface area contributed by atoms with Crippen LogP contribution in [0.1, 0.15) is 6.23 Å². The molecule has 1 aromatic rings. The van der Waals surface area contributed by atoms with Gasteiger partial charge < -0.3 is 10.5 Å². The number of aromatic nitrogens is 2. The predicted molar refractivity (Wildman–Crippen MR) is 54.6 cm³/mol. The van der Waals surface area contributed by atoms with Gasteiger partial charge in [0.05, 0.1) is 6.20 Å². The van der Waals surface area contributed by atoms with Crippen molar-refractivity contribution in [3.8, 4) is 0 Å². The first-order chi connectivity index (χ1) is 7.08. The Morgan fingerprint density at radius 1 is 1.80 bits per heavy atom. The van der Waals surface area contributed by atoms with Gasteiger partial charge in [0, 0.05) is 5.75 Å². The summed E-state index contributed by atoms with van der Waals surface area (Å²) in [5.74, 6) is -0.581. The number of anilines is 1. The Kier molecular flexibility index (Phi) is 2.66. The summed E-state index contributed by atoms with van der Waals surface area (Å²) >= 11 is 1.44. The zero-order chi connectivity index (χ0) is 11.0. The molecule has 1 saturated heterocycles. The van der Waals surface area contributed by atoms with Crippen LogP contribution >= 0.6 is 11.8 Å². The normalized spacial score (nSPS) is 25.7. The van der Waals surface area contributed by atoms with E-state index in [0.29, 0.717) is 5.75 Å². The smallest absolute Gasteiger partial charge is 0.351 e. The second-order valence-corrected chi connectivity index (χ2v) is 4.21. The molecule has 1 aliphatic rings. The van der Waals surface area contributed by atoms with Crippen LogP contribution < -0.4 is 11.4 Å². The molecule has 7 heteroatoms. The van der Waals surface area contributed by atoms with Gasteiger partial charge in [-0.15, -0.1) is 11.8 Å². The van der Waals surface area contributed by atoms with Crippen molar-refractivity contribution in [2.45, 2.75) is 11.7 Å². The lowest BCUT2D eigenvalue weighted by Gasteiger charge is -2.12. The minimum atomic E-state index is -0.726. The molecule has 2 rings (SSSR count). The van der Waals surface area contributed by atoms with E-state index >= 15 is 0 Å². The Bertz CT molecular complexity index is 436. The van der Waals surface area contributed by atoms with Crippen LogP contribution in [0, 0.1) is 12.7 Å². The molecule has 0 bridgehead atoms. The van der Waals surface area contributed by atoms with Gasteiger partial charge in [-0.1, -0.05) is 0 Å². The minimum Gasteiger partial charge on any atom is -0.381 e. The maximum Gasteiger partial charge on any atom is 0.351 e. The summed E-state index contributed by atoms with van der Waals surface area (Å²) < 4.78 is 19.5. The van der Waals surface area contributed by atoms with E-state index in [-0.39, 0.29) is 5.44 Å². The van der Waals surface area contributed by atoms with E-state index in [4.69, 9.17) is 10.5 Å². The van der Waals surface area contributed by atoms with Crippen molar-refractivity contribution in [2.24, 2.45) is 0 Å². The number of thioether (sulfide) groups is 1. The third-order valence-corrected chi connectivity index (χ3v) is 2.94. The van der Waals surface area contributed by atoms with Crippen molar-refractivity contribution in [1.82, 2.24) is 9.55 Å². The van der Waals surface area contributed by atoms with E-state index in [9.17, 15) is 9.18 Å². The summed E-state index contributed by atoms with van der Waals surface area (Å²) in [6.45, 7) is 3.67. The van der Waals surface area contributed by atoms with Crippen LogP contribution in [-0.4, -0.2) is 20.7 Å². The summed E-state index contributed by atoms with van der Waals surface area (Å²) in [5.41, 5.74) is 4.29. The Morgan fingerprint density at radius 2 is 2.53 bits per heavy atom. The van der Waals surface area contributed by atoms with Crippen LogP contribution in [0.4, 0.5) is 10.2 Å². The summed E-state index contributed by atoms with van der Waals surface area (Å²) in [5, 5.41) is 0. The van der Waals surface area contributed by atoms with Gasteiger partial charge in [-0.25, -0.2) is 9.18 Å². The first-order valence-electron chi connectivity index (χ1n) is 4.22.